The summed E-state index contributed by atoms with van der Waals surface area (Å²) in [7, 11) is 0. The van der Waals surface area contributed by atoms with Gasteiger partial charge in [-0.3, -0.25) is 4.79 Å². The van der Waals surface area contributed by atoms with Crippen LogP contribution < -0.4 is 5.32 Å². The van der Waals surface area contributed by atoms with E-state index in [0.29, 0.717) is 6.54 Å². The molecule has 1 heterocycles. The van der Waals surface area contributed by atoms with Crippen molar-refractivity contribution < 1.29 is 19.8 Å². The number of nitrogens with zero attached hydrogens (tertiary/aromatic N) is 2. The Labute approximate surface area is 114 Å². The summed E-state index contributed by atoms with van der Waals surface area (Å²) < 4.78 is 1.74. The third-order valence-corrected chi connectivity index (χ3v) is 2.70. The number of carbonyl (C=O) groups is 2. The number of para-hydroxylation sites is 1. The molecule has 104 valence electrons. The number of hydrogen-bond acceptors (Lipinski definition) is 4. The summed E-state index contributed by atoms with van der Waals surface area (Å²) in [6.45, 7) is 0.450. The van der Waals surface area contributed by atoms with Gasteiger partial charge in [0.05, 0.1) is 12.0 Å². The highest BCUT2D eigenvalue weighted by Crippen LogP contribution is 2.27. The molecule has 7 heteroatoms. The summed E-state index contributed by atoms with van der Waals surface area (Å²) in [4.78, 5) is 26.5. The fourth-order valence-corrected chi connectivity index (χ4v) is 1.68. The number of carbonyl (C=O) groups excluding carboxylic acids is 1. The number of carboxylic acids is 1. The topological polar surface area (TPSA) is 104 Å². The summed E-state index contributed by atoms with van der Waals surface area (Å²) in [5.41, 5.74) is -0.169. The molecule has 0 fully saturated rings. The maximum Gasteiger partial charge on any atom is 0.339 e. The molecule has 0 saturated heterocycles. The Morgan fingerprint density at radius 3 is 2.80 bits per heavy atom. The summed E-state index contributed by atoms with van der Waals surface area (Å²) >= 11 is 0. The van der Waals surface area contributed by atoms with Gasteiger partial charge in [0.15, 0.2) is 5.75 Å². The fraction of sp³-hybridized carbons (Fsp3) is 0.154. The maximum absolute atomic E-state index is 11.7. The van der Waals surface area contributed by atoms with E-state index in [2.05, 4.69) is 10.3 Å². The van der Waals surface area contributed by atoms with E-state index >= 15 is 0 Å². The molecule has 0 saturated carbocycles. The summed E-state index contributed by atoms with van der Waals surface area (Å²) in [6, 6.07) is 4.16. The van der Waals surface area contributed by atoms with Crippen LogP contribution in [0.2, 0.25) is 0 Å². The van der Waals surface area contributed by atoms with E-state index in [1.807, 2.05) is 0 Å². The van der Waals surface area contributed by atoms with Crippen LogP contribution in [-0.2, 0) is 11.3 Å². The van der Waals surface area contributed by atoms with Crippen molar-refractivity contribution in [1.29, 1.82) is 0 Å². The maximum atomic E-state index is 11.7. The first-order valence-electron chi connectivity index (χ1n) is 5.89. The number of benzene rings is 1. The van der Waals surface area contributed by atoms with Gasteiger partial charge < -0.3 is 20.1 Å². The molecule has 1 aromatic carbocycles. The number of aromatic hydroxyl groups is 1. The number of imidazole rings is 1. The third kappa shape index (κ3) is 3.14. The second kappa shape index (κ2) is 5.87. The van der Waals surface area contributed by atoms with Crippen molar-refractivity contribution in [1.82, 2.24) is 9.55 Å². The van der Waals surface area contributed by atoms with E-state index < -0.39 is 11.7 Å². The molecular weight excluding hydrogens is 262 g/mol. The molecule has 0 spiro atoms. The van der Waals surface area contributed by atoms with Crippen molar-refractivity contribution in [2.45, 2.75) is 13.0 Å². The van der Waals surface area contributed by atoms with Crippen LogP contribution in [-0.4, -0.2) is 31.6 Å². The molecule has 2 aromatic rings. The van der Waals surface area contributed by atoms with Gasteiger partial charge in [-0.05, 0) is 12.1 Å². The van der Waals surface area contributed by atoms with Crippen molar-refractivity contribution in [3.63, 3.8) is 0 Å². The van der Waals surface area contributed by atoms with Crippen LogP contribution >= 0.6 is 0 Å². The smallest absolute Gasteiger partial charge is 0.339 e. The molecule has 0 radical (unpaired) electrons. The predicted molar refractivity (Wildman–Crippen MR) is 70.5 cm³/mol. The van der Waals surface area contributed by atoms with Crippen molar-refractivity contribution >= 4 is 17.6 Å². The van der Waals surface area contributed by atoms with Gasteiger partial charge >= 0.3 is 5.97 Å². The van der Waals surface area contributed by atoms with E-state index in [4.69, 9.17) is 5.11 Å². The monoisotopic (exact) mass is 275 g/mol. The number of aromatic carboxylic acids is 1. The molecule has 0 atom stereocenters. The van der Waals surface area contributed by atoms with E-state index in [9.17, 15) is 14.7 Å². The highest BCUT2D eigenvalue weighted by molar-refractivity contribution is 5.97. The van der Waals surface area contributed by atoms with E-state index in [1.165, 1.54) is 18.2 Å². The lowest BCUT2D eigenvalue weighted by Crippen LogP contribution is -2.14. The lowest BCUT2D eigenvalue weighted by molar-refractivity contribution is -0.116. The van der Waals surface area contributed by atoms with Gasteiger partial charge in [-0.25, -0.2) is 9.78 Å². The Hall–Kier alpha value is -2.83. The SMILES string of the molecule is O=C(CCn1ccnc1)Nc1cccc(C(=O)O)c1O. The second-order valence-corrected chi connectivity index (χ2v) is 4.11. The van der Waals surface area contributed by atoms with Gasteiger partial charge in [-0.1, -0.05) is 6.07 Å². The minimum absolute atomic E-state index is 0.0838. The van der Waals surface area contributed by atoms with Crippen molar-refractivity contribution in [3.05, 3.63) is 42.5 Å². The van der Waals surface area contributed by atoms with Gasteiger partial charge in [-0.15, -0.1) is 0 Å². The average Bonchev–Trinajstić information content (AvgIpc) is 2.91. The highest BCUT2D eigenvalue weighted by Gasteiger charge is 2.14. The number of amides is 1. The molecule has 3 N–H and O–H groups in total. The number of aryl methyl sites for hydroxylation is 1. The van der Waals surface area contributed by atoms with E-state index in [-0.39, 0.29) is 23.6 Å². The van der Waals surface area contributed by atoms with Gasteiger partial charge in [0.1, 0.15) is 5.56 Å². The van der Waals surface area contributed by atoms with Crippen molar-refractivity contribution in [2.75, 3.05) is 5.32 Å². The van der Waals surface area contributed by atoms with Crippen LogP contribution in [0.1, 0.15) is 16.8 Å². The van der Waals surface area contributed by atoms with Gasteiger partial charge in [0.2, 0.25) is 5.91 Å². The quantitative estimate of drug-likeness (QED) is 0.714. The van der Waals surface area contributed by atoms with Crippen LogP contribution in [0.15, 0.2) is 36.9 Å². The van der Waals surface area contributed by atoms with Gasteiger partial charge in [0, 0.05) is 25.4 Å². The number of nitrogens with one attached hydrogen (secondary N) is 1. The first kappa shape index (κ1) is 13.6. The lowest BCUT2D eigenvalue weighted by Gasteiger charge is -2.09. The molecular formula is C13H13N3O4. The Balaban J connectivity index is 2.01. The zero-order valence-corrected chi connectivity index (χ0v) is 10.5. The molecule has 0 bridgehead atoms. The minimum Gasteiger partial charge on any atom is -0.505 e. The Morgan fingerprint density at radius 1 is 1.35 bits per heavy atom. The molecule has 7 nitrogen and oxygen atoms in total. The van der Waals surface area contributed by atoms with Crippen LogP contribution in [0.5, 0.6) is 5.75 Å². The molecule has 1 amide bonds. The standard InChI is InChI=1S/C13H13N3O4/c17-11(4-6-16-7-5-14-8-16)15-10-3-1-2-9(12(10)18)13(19)20/h1-3,5,7-8,18H,4,6H2,(H,15,17)(H,19,20). The third-order valence-electron chi connectivity index (χ3n) is 2.70. The Morgan fingerprint density at radius 2 is 2.15 bits per heavy atom. The van der Waals surface area contributed by atoms with E-state index in [1.54, 1.807) is 23.3 Å². The minimum atomic E-state index is -1.25. The summed E-state index contributed by atoms with van der Waals surface area (Å²) in [5, 5.41) is 21.1. The normalized spacial score (nSPS) is 10.2. The molecule has 1 aromatic heterocycles. The number of rotatable bonds is 5. The molecule has 0 aliphatic carbocycles. The Kier molecular flexibility index (Phi) is 3.99. The second-order valence-electron chi connectivity index (χ2n) is 4.11. The fourth-order valence-electron chi connectivity index (χ4n) is 1.68. The molecule has 0 unspecified atom stereocenters. The van der Waals surface area contributed by atoms with E-state index in [0.717, 1.165) is 0 Å². The first-order chi connectivity index (χ1) is 9.58. The number of hydrogen-bond donors (Lipinski definition) is 3. The van der Waals surface area contributed by atoms with Crippen LogP contribution in [0.4, 0.5) is 5.69 Å². The van der Waals surface area contributed by atoms with Crippen LogP contribution in [0.3, 0.4) is 0 Å². The number of aromatic nitrogens is 2. The van der Waals surface area contributed by atoms with Crippen LogP contribution in [0.25, 0.3) is 0 Å². The summed E-state index contributed by atoms with van der Waals surface area (Å²) in [6.07, 6.45) is 5.12. The highest BCUT2D eigenvalue weighted by atomic mass is 16.4. The van der Waals surface area contributed by atoms with Crippen molar-refractivity contribution in [2.24, 2.45) is 0 Å². The summed E-state index contributed by atoms with van der Waals surface area (Å²) in [5.74, 6) is -2.02. The van der Waals surface area contributed by atoms with Gasteiger partial charge in [-0.2, -0.15) is 0 Å². The molecule has 20 heavy (non-hydrogen) atoms. The Bertz CT molecular complexity index is 623. The predicted octanol–water partition coefficient (Wildman–Crippen LogP) is 1.32. The number of phenols is 1. The average molecular weight is 275 g/mol. The number of carboxylic acid groups (broad SMARTS) is 1. The molecule has 0 aliphatic rings. The van der Waals surface area contributed by atoms with Gasteiger partial charge in [0.25, 0.3) is 0 Å². The first-order valence-corrected chi connectivity index (χ1v) is 5.89. The zero-order valence-electron chi connectivity index (χ0n) is 10.5. The molecule has 0 aliphatic heterocycles. The number of anilines is 1. The largest absolute Gasteiger partial charge is 0.505 e. The van der Waals surface area contributed by atoms with Crippen LogP contribution in [0, 0.1) is 0 Å². The van der Waals surface area contributed by atoms with Crippen molar-refractivity contribution in [3.8, 4) is 5.75 Å². The molecule has 2 rings (SSSR count). The zero-order chi connectivity index (χ0) is 14.5. The lowest BCUT2D eigenvalue weighted by atomic mass is 10.1.